The van der Waals surface area contributed by atoms with Gasteiger partial charge < -0.3 is 0 Å². The molecule has 2 nitrogen and oxygen atoms in total. The van der Waals surface area contributed by atoms with Crippen LogP contribution in [0.2, 0.25) is 0 Å². The van der Waals surface area contributed by atoms with Crippen molar-refractivity contribution >= 4 is 21.6 Å². The Labute approximate surface area is 93.5 Å². The molecule has 1 atom stereocenters. The van der Waals surface area contributed by atoms with E-state index in [0.29, 0.717) is 6.04 Å². The van der Waals surface area contributed by atoms with Gasteiger partial charge in [0, 0.05) is 11.9 Å². The summed E-state index contributed by atoms with van der Waals surface area (Å²) in [6.07, 6.45) is 3.71. The largest absolute Gasteiger partial charge is 0.232 e. The number of piperidine rings is 1. The van der Waals surface area contributed by atoms with E-state index in [1.165, 1.54) is 35.0 Å². The highest BCUT2D eigenvalue weighted by molar-refractivity contribution is 7.13. The minimum absolute atomic E-state index is 0.356. The molecule has 0 aliphatic carbocycles. The zero-order valence-corrected chi connectivity index (χ0v) is 9.33. The van der Waals surface area contributed by atoms with Gasteiger partial charge in [0.05, 0.1) is 16.4 Å². The molecule has 1 radical (unpaired) electrons. The smallest absolute Gasteiger partial charge is 0.0806 e. The summed E-state index contributed by atoms with van der Waals surface area (Å²) < 4.78 is 5.85. The van der Waals surface area contributed by atoms with Crippen molar-refractivity contribution in [2.45, 2.75) is 25.3 Å². The van der Waals surface area contributed by atoms with E-state index >= 15 is 0 Å². The molecule has 2 heterocycles. The van der Waals surface area contributed by atoms with E-state index in [-0.39, 0.29) is 0 Å². The molecule has 15 heavy (non-hydrogen) atoms. The van der Waals surface area contributed by atoms with Crippen LogP contribution in [0.3, 0.4) is 0 Å². The number of aromatic nitrogens is 1. The van der Waals surface area contributed by atoms with E-state index in [1.807, 2.05) is 0 Å². The van der Waals surface area contributed by atoms with Crippen molar-refractivity contribution in [1.82, 2.24) is 9.69 Å². The molecule has 1 fully saturated rings. The first kappa shape index (κ1) is 9.31. The number of fused-ring (bicyclic) bond motifs is 1. The Balaban J connectivity index is 2.02. The monoisotopic (exact) mass is 217 g/mol. The highest BCUT2D eigenvalue weighted by Gasteiger charge is 2.20. The Kier molecular flexibility index (Phi) is 2.43. The molecule has 1 saturated heterocycles. The molecule has 2 aromatic rings. The molecule has 3 heteroatoms. The zero-order chi connectivity index (χ0) is 10.1. The first-order valence-electron chi connectivity index (χ1n) is 5.46. The molecule has 1 unspecified atom stereocenters. The van der Waals surface area contributed by atoms with Gasteiger partial charge in [-0.05, 0) is 30.4 Å². The average molecular weight is 217 g/mol. The summed E-state index contributed by atoms with van der Waals surface area (Å²) in [5.41, 5.74) is 1.20. The lowest BCUT2D eigenvalue weighted by Gasteiger charge is -2.20. The van der Waals surface area contributed by atoms with Crippen LogP contribution in [0.5, 0.6) is 0 Å². The Hall–Kier alpha value is -0.930. The van der Waals surface area contributed by atoms with Gasteiger partial charge in [-0.3, -0.25) is 0 Å². The van der Waals surface area contributed by atoms with E-state index in [1.54, 1.807) is 11.5 Å². The minimum Gasteiger partial charge on any atom is -0.232 e. The van der Waals surface area contributed by atoms with Crippen LogP contribution >= 0.6 is 11.5 Å². The predicted octanol–water partition coefficient (Wildman–Crippen LogP) is 3.13. The maximum absolute atomic E-state index is 4.67. The summed E-state index contributed by atoms with van der Waals surface area (Å²) in [5.74, 6) is 0. The Bertz CT molecular complexity index is 457. The van der Waals surface area contributed by atoms with Gasteiger partial charge in [0.2, 0.25) is 0 Å². The third kappa shape index (κ3) is 1.66. The second-order valence-electron chi connectivity index (χ2n) is 3.98. The summed E-state index contributed by atoms with van der Waals surface area (Å²) in [5, 5.41) is 5.97. The second-order valence-corrected chi connectivity index (χ2v) is 4.79. The number of benzene rings is 1. The van der Waals surface area contributed by atoms with Gasteiger partial charge in [0.25, 0.3) is 0 Å². The van der Waals surface area contributed by atoms with Crippen LogP contribution in [-0.4, -0.2) is 10.9 Å². The van der Waals surface area contributed by atoms with Crippen LogP contribution in [0, 0.1) is 0 Å². The normalized spacial score (nSPS) is 22.0. The van der Waals surface area contributed by atoms with Gasteiger partial charge in [-0.25, -0.2) is 5.32 Å². The molecule has 0 saturated carbocycles. The average Bonchev–Trinajstić information content (AvgIpc) is 2.74. The fourth-order valence-electron chi connectivity index (χ4n) is 2.16. The molecule has 0 spiro atoms. The van der Waals surface area contributed by atoms with Crippen molar-refractivity contribution in [2.75, 3.05) is 6.54 Å². The quantitative estimate of drug-likeness (QED) is 0.721. The van der Waals surface area contributed by atoms with Crippen LogP contribution < -0.4 is 5.32 Å². The minimum atomic E-state index is 0.356. The number of nitrogens with zero attached hydrogens (tertiary/aromatic N) is 2. The third-order valence-electron chi connectivity index (χ3n) is 2.96. The fraction of sp³-hybridized carbons (Fsp3) is 0.417. The molecule has 3 rings (SSSR count). The summed E-state index contributed by atoms with van der Waals surface area (Å²) in [4.78, 5) is 0. The lowest BCUT2D eigenvalue weighted by Crippen LogP contribution is -2.20. The Morgan fingerprint density at radius 1 is 1.20 bits per heavy atom. The number of hydrogen-bond acceptors (Lipinski definition) is 2. The number of hydrogen-bond donors (Lipinski definition) is 0. The molecular weight excluding hydrogens is 204 g/mol. The summed E-state index contributed by atoms with van der Waals surface area (Å²) in [7, 11) is 0. The third-order valence-corrected chi connectivity index (χ3v) is 3.80. The second kappa shape index (κ2) is 3.91. The standard InChI is InChI=1S/C12H13N2S/c1-2-7-11-9(5-1)12(14-15-11)10-6-3-4-8-13-10/h1-2,5,7,10H,3-4,6,8H2. The molecule has 1 aromatic heterocycles. The lowest BCUT2D eigenvalue weighted by molar-refractivity contribution is 0.401. The van der Waals surface area contributed by atoms with Crippen LogP contribution in [0.4, 0.5) is 0 Å². The zero-order valence-electron chi connectivity index (χ0n) is 8.52. The highest BCUT2D eigenvalue weighted by Crippen LogP contribution is 2.31. The Morgan fingerprint density at radius 2 is 2.13 bits per heavy atom. The summed E-state index contributed by atoms with van der Waals surface area (Å²) >= 11 is 1.60. The van der Waals surface area contributed by atoms with Crippen LogP contribution in [0.15, 0.2) is 24.3 Å². The molecule has 0 bridgehead atoms. The summed E-state index contributed by atoms with van der Waals surface area (Å²) in [6.45, 7) is 1.01. The molecule has 1 aliphatic heterocycles. The maximum atomic E-state index is 4.67. The Morgan fingerprint density at radius 3 is 3.00 bits per heavy atom. The fourth-order valence-corrected chi connectivity index (χ4v) is 2.98. The van der Waals surface area contributed by atoms with Crippen molar-refractivity contribution in [1.29, 1.82) is 0 Å². The maximum Gasteiger partial charge on any atom is 0.0806 e. The van der Waals surface area contributed by atoms with E-state index in [0.717, 1.165) is 6.54 Å². The van der Waals surface area contributed by atoms with Gasteiger partial charge in [-0.1, -0.05) is 24.6 Å². The van der Waals surface area contributed by atoms with E-state index in [4.69, 9.17) is 0 Å². The van der Waals surface area contributed by atoms with Gasteiger partial charge in [0.15, 0.2) is 0 Å². The van der Waals surface area contributed by atoms with Crippen molar-refractivity contribution in [2.24, 2.45) is 0 Å². The van der Waals surface area contributed by atoms with Gasteiger partial charge in [-0.2, -0.15) is 4.37 Å². The molecule has 0 amide bonds. The van der Waals surface area contributed by atoms with Crippen molar-refractivity contribution < 1.29 is 0 Å². The molecule has 0 N–H and O–H groups in total. The van der Waals surface area contributed by atoms with Crippen LogP contribution in [0.25, 0.3) is 10.1 Å². The van der Waals surface area contributed by atoms with Gasteiger partial charge in [-0.15, -0.1) is 0 Å². The molecular formula is C12H13N2S. The van der Waals surface area contributed by atoms with E-state index in [9.17, 15) is 0 Å². The van der Waals surface area contributed by atoms with Gasteiger partial charge in [0.1, 0.15) is 0 Å². The molecule has 77 valence electrons. The van der Waals surface area contributed by atoms with Crippen molar-refractivity contribution in [3.05, 3.63) is 30.0 Å². The summed E-state index contributed by atoms with van der Waals surface area (Å²) in [6, 6.07) is 8.82. The first-order chi connectivity index (χ1) is 7.45. The molecule has 1 aromatic carbocycles. The van der Waals surface area contributed by atoms with Crippen molar-refractivity contribution in [3.8, 4) is 0 Å². The van der Waals surface area contributed by atoms with Crippen molar-refractivity contribution in [3.63, 3.8) is 0 Å². The highest BCUT2D eigenvalue weighted by atomic mass is 32.1. The predicted molar refractivity (Wildman–Crippen MR) is 63.2 cm³/mol. The van der Waals surface area contributed by atoms with E-state index in [2.05, 4.69) is 34.0 Å². The number of rotatable bonds is 1. The molecule has 1 aliphatic rings. The van der Waals surface area contributed by atoms with Gasteiger partial charge >= 0.3 is 0 Å². The van der Waals surface area contributed by atoms with Crippen LogP contribution in [0.1, 0.15) is 31.0 Å². The topological polar surface area (TPSA) is 27.0 Å². The van der Waals surface area contributed by atoms with E-state index < -0.39 is 0 Å². The van der Waals surface area contributed by atoms with Crippen LogP contribution in [-0.2, 0) is 0 Å². The first-order valence-corrected chi connectivity index (χ1v) is 6.23. The SMILES string of the molecule is c1ccc2c(C3CCCC[N]3)nsc2c1. The lowest BCUT2D eigenvalue weighted by atomic mass is 10.00.